The van der Waals surface area contributed by atoms with Crippen LogP contribution in [0.25, 0.3) is 0 Å². The van der Waals surface area contributed by atoms with Crippen LogP contribution in [0.5, 0.6) is 0 Å². The van der Waals surface area contributed by atoms with E-state index in [1.54, 1.807) is 12.2 Å². The van der Waals surface area contributed by atoms with E-state index in [-0.39, 0.29) is 18.6 Å². The van der Waals surface area contributed by atoms with Crippen LogP contribution in [0.4, 0.5) is 0 Å². The Hall–Kier alpha value is -3.41. The summed E-state index contributed by atoms with van der Waals surface area (Å²) in [5.74, 6) is -2.34. The normalized spacial score (nSPS) is 14.3. The Morgan fingerprint density at radius 2 is 1.05 bits per heavy atom. The molecular weight excluding hydrogens is 773 g/mol. The quantitative estimate of drug-likeness (QED) is 0.0132. The first-order valence-corrected chi connectivity index (χ1v) is 23.4. The zero-order chi connectivity index (χ0) is 43.7. The molecule has 13 heteroatoms. The number of nitrogens with two attached hydrogens (primary N) is 1. The second-order valence-corrected chi connectivity index (χ2v) is 16.0. The average molecular weight is 850 g/mol. The first kappa shape index (κ1) is 55.6. The third-order valence-corrected chi connectivity index (χ3v) is 9.85. The fourth-order valence-electron chi connectivity index (χ4n) is 5.38. The lowest BCUT2D eigenvalue weighted by Crippen LogP contribution is -2.34. The summed E-state index contributed by atoms with van der Waals surface area (Å²) in [4.78, 5) is 57.7. The number of carboxylic acids is 1. The molecule has 0 aromatic rings. The maximum Gasteiger partial charge on any atom is 0.472 e. The number of esters is 2. The van der Waals surface area contributed by atoms with Gasteiger partial charge in [0.2, 0.25) is 0 Å². The second kappa shape index (κ2) is 40.0. The van der Waals surface area contributed by atoms with Gasteiger partial charge in [-0.15, -0.1) is 0 Å². The Morgan fingerprint density at radius 1 is 0.576 bits per heavy atom. The number of carbonyl (C=O) groups is 4. The molecule has 0 aromatic carbocycles. The highest BCUT2D eigenvalue weighted by Gasteiger charge is 2.28. The number of hydrogen-bond donors (Lipinski definition) is 3. The van der Waals surface area contributed by atoms with Gasteiger partial charge in [-0.3, -0.25) is 28.2 Å². The lowest BCUT2D eigenvalue weighted by Gasteiger charge is -2.20. The van der Waals surface area contributed by atoms with Crippen LogP contribution in [0.1, 0.15) is 162 Å². The number of carbonyl (C=O) groups excluding carboxylic acids is 3. The monoisotopic (exact) mass is 850 g/mol. The maximum atomic E-state index is 12.6. The van der Waals surface area contributed by atoms with Gasteiger partial charge >= 0.3 is 25.7 Å². The first-order valence-electron chi connectivity index (χ1n) is 21.9. The van der Waals surface area contributed by atoms with Crippen LogP contribution in [-0.2, 0) is 42.3 Å². The highest BCUT2D eigenvalue weighted by Crippen LogP contribution is 2.43. The van der Waals surface area contributed by atoms with Gasteiger partial charge in [0, 0.05) is 19.3 Å². The molecule has 336 valence electrons. The number of allylic oxidation sites excluding steroid dienone is 12. The van der Waals surface area contributed by atoms with Gasteiger partial charge in [-0.1, -0.05) is 132 Å². The minimum absolute atomic E-state index is 0.102. The van der Waals surface area contributed by atoms with Crippen molar-refractivity contribution < 1.29 is 52.3 Å². The van der Waals surface area contributed by atoms with E-state index in [0.717, 1.165) is 96.3 Å². The number of ether oxygens (including phenoxy) is 2. The van der Waals surface area contributed by atoms with E-state index in [9.17, 15) is 28.6 Å². The molecule has 0 heterocycles. The molecule has 0 fully saturated rings. The van der Waals surface area contributed by atoms with Crippen molar-refractivity contribution in [2.45, 2.75) is 174 Å². The van der Waals surface area contributed by atoms with Crippen molar-refractivity contribution >= 4 is 31.5 Å². The number of aliphatic carboxylic acids is 1. The topological polar surface area (TPSA) is 189 Å². The van der Waals surface area contributed by atoms with Crippen molar-refractivity contribution in [1.29, 1.82) is 0 Å². The standard InChI is InChI=1S/C46H76NO11P/c1-3-5-7-8-9-10-11-12-13-14-15-16-17-18-19-22-26-29-33-37-45(50)58-42(39-56-59(53,54)57-40-43(47)46(51)52)38-55-44(49)36-32-28-25-23-20-21-24-27-31-35-41(48)34-30-6-4-2/h9-10,12-13,15-16,18-19,24,27,31,35,42-43H,3-8,11,14,17,20-23,25-26,28-30,32-34,36-40,47H2,1-2H3,(H,51,52)(H,53,54)/b10-9-,13-12-,16-15-,19-18-,27-24-,35-31+/t42-,43+/m1/s1. The lowest BCUT2D eigenvalue weighted by atomic mass is 10.1. The van der Waals surface area contributed by atoms with Crippen molar-refractivity contribution in [2.75, 3.05) is 19.8 Å². The van der Waals surface area contributed by atoms with Crippen LogP contribution in [0.2, 0.25) is 0 Å². The summed E-state index contributed by atoms with van der Waals surface area (Å²) in [5.41, 5.74) is 5.32. The Bertz CT molecular complexity index is 1340. The van der Waals surface area contributed by atoms with Crippen molar-refractivity contribution in [3.05, 3.63) is 72.9 Å². The molecule has 59 heavy (non-hydrogen) atoms. The summed E-state index contributed by atoms with van der Waals surface area (Å²) in [7, 11) is -4.75. The van der Waals surface area contributed by atoms with E-state index >= 15 is 0 Å². The molecule has 0 aliphatic rings. The SMILES string of the molecule is CCCCC/C=C\C/C=C\C/C=C\C/C=C\CCCCCC(=O)O[C@H](COC(=O)CCCCCCC/C=C\C=C\C(=O)CCCCC)COP(=O)(O)OC[C@H](N)C(=O)O. The molecular formula is C46H76NO11P. The van der Waals surface area contributed by atoms with Crippen LogP contribution in [0.15, 0.2) is 72.9 Å². The average Bonchev–Trinajstić information content (AvgIpc) is 3.20. The van der Waals surface area contributed by atoms with E-state index in [1.807, 2.05) is 12.2 Å². The molecule has 4 N–H and O–H groups in total. The van der Waals surface area contributed by atoms with Gasteiger partial charge in [0.25, 0.3) is 0 Å². The Morgan fingerprint density at radius 3 is 1.66 bits per heavy atom. The zero-order valence-electron chi connectivity index (χ0n) is 36.1. The molecule has 0 bridgehead atoms. The zero-order valence-corrected chi connectivity index (χ0v) is 37.0. The highest BCUT2D eigenvalue weighted by atomic mass is 31.2. The molecule has 0 saturated heterocycles. The predicted octanol–water partition coefficient (Wildman–Crippen LogP) is 10.9. The summed E-state index contributed by atoms with van der Waals surface area (Å²) >= 11 is 0. The lowest BCUT2D eigenvalue weighted by molar-refractivity contribution is -0.161. The summed E-state index contributed by atoms with van der Waals surface area (Å²) in [6, 6.07) is -1.54. The molecule has 0 amide bonds. The van der Waals surface area contributed by atoms with Crippen molar-refractivity contribution in [3.63, 3.8) is 0 Å². The molecule has 0 aliphatic carbocycles. The van der Waals surface area contributed by atoms with E-state index in [0.29, 0.717) is 19.3 Å². The Kier molecular flexibility index (Phi) is 37.7. The molecule has 12 nitrogen and oxygen atoms in total. The molecule has 0 radical (unpaired) electrons. The predicted molar refractivity (Wildman–Crippen MR) is 236 cm³/mol. The summed E-state index contributed by atoms with van der Waals surface area (Å²) in [5, 5.41) is 8.89. The Balaban J connectivity index is 4.51. The first-order chi connectivity index (χ1) is 28.5. The van der Waals surface area contributed by atoms with E-state index in [1.165, 1.54) is 19.3 Å². The fraction of sp³-hybridized carbons (Fsp3) is 0.652. The van der Waals surface area contributed by atoms with Crippen molar-refractivity contribution in [3.8, 4) is 0 Å². The smallest absolute Gasteiger partial charge is 0.472 e. The molecule has 3 atom stereocenters. The second-order valence-electron chi connectivity index (χ2n) is 14.5. The molecule has 0 spiro atoms. The minimum Gasteiger partial charge on any atom is -0.480 e. The summed E-state index contributed by atoms with van der Waals surface area (Å²) in [6.45, 7) is 2.53. The largest absolute Gasteiger partial charge is 0.480 e. The van der Waals surface area contributed by atoms with Crippen LogP contribution >= 0.6 is 7.82 Å². The van der Waals surface area contributed by atoms with Gasteiger partial charge < -0.3 is 25.2 Å². The fourth-order valence-corrected chi connectivity index (χ4v) is 6.16. The summed E-state index contributed by atoms with van der Waals surface area (Å²) < 4.78 is 32.6. The molecule has 0 aliphatic heterocycles. The van der Waals surface area contributed by atoms with Gasteiger partial charge in [0.15, 0.2) is 11.9 Å². The number of ketones is 1. The van der Waals surface area contributed by atoms with Crippen molar-refractivity contribution in [2.24, 2.45) is 5.73 Å². The number of hydrogen-bond acceptors (Lipinski definition) is 10. The van der Waals surface area contributed by atoms with E-state index < -0.39 is 57.7 Å². The highest BCUT2D eigenvalue weighted by molar-refractivity contribution is 7.47. The molecule has 0 rings (SSSR count). The Labute approximate surface area is 355 Å². The van der Waals surface area contributed by atoms with Gasteiger partial charge in [0.05, 0.1) is 13.2 Å². The number of phosphoric acid groups is 1. The molecule has 1 unspecified atom stereocenters. The number of unbranched alkanes of at least 4 members (excludes halogenated alkanes) is 13. The number of phosphoric ester groups is 1. The third kappa shape index (κ3) is 39.8. The van der Waals surface area contributed by atoms with Crippen molar-refractivity contribution in [1.82, 2.24) is 0 Å². The molecule has 0 saturated carbocycles. The number of carboxylic acid groups (broad SMARTS) is 1. The van der Waals surface area contributed by atoms with Crippen LogP contribution in [0.3, 0.4) is 0 Å². The van der Waals surface area contributed by atoms with Gasteiger partial charge in [-0.05, 0) is 83.1 Å². The molecule has 0 aromatic heterocycles. The minimum atomic E-state index is -4.75. The van der Waals surface area contributed by atoms with Crippen LogP contribution < -0.4 is 5.73 Å². The summed E-state index contributed by atoms with van der Waals surface area (Å²) in [6.07, 6.45) is 43.7. The van der Waals surface area contributed by atoms with E-state index in [4.69, 9.17) is 24.8 Å². The third-order valence-electron chi connectivity index (χ3n) is 8.90. The van der Waals surface area contributed by atoms with Gasteiger partial charge in [-0.25, -0.2) is 4.57 Å². The van der Waals surface area contributed by atoms with E-state index in [2.05, 4.69) is 67.0 Å². The van der Waals surface area contributed by atoms with Crippen LogP contribution in [0, 0.1) is 0 Å². The van der Waals surface area contributed by atoms with Gasteiger partial charge in [-0.2, -0.15) is 0 Å². The van der Waals surface area contributed by atoms with Crippen LogP contribution in [-0.4, -0.2) is 65.7 Å². The van der Waals surface area contributed by atoms with Gasteiger partial charge in [0.1, 0.15) is 12.6 Å². The number of rotatable bonds is 40. The maximum absolute atomic E-state index is 12.6.